The van der Waals surface area contributed by atoms with Gasteiger partial charge in [0.25, 0.3) is 5.91 Å². The van der Waals surface area contributed by atoms with Gasteiger partial charge in [-0.25, -0.2) is 0 Å². The highest BCUT2D eigenvalue weighted by Crippen LogP contribution is 2.43. The average Bonchev–Trinajstić information content (AvgIpc) is 2.88. The van der Waals surface area contributed by atoms with Crippen LogP contribution >= 0.6 is 0 Å². The fourth-order valence-electron chi connectivity index (χ4n) is 2.77. The molecule has 4 heteroatoms. The molecule has 0 bridgehead atoms. The van der Waals surface area contributed by atoms with Crippen LogP contribution in [0.25, 0.3) is 0 Å². The van der Waals surface area contributed by atoms with Gasteiger partial charge < -0.3 is 5.73 Å². The van der Waals surface area contributed by atoms with E-state index >= 15 is 0 Å². The maximum absolute atomic E-state index is 12.0. The molecule has 2 fully saturated rings. The molecule has 1 aliphatic carbocycles. The molecule has 2 N–H and O–H groups in total. The Morgan fingerprint density at radius 1 is 1.24 bits per heavy atom. The highest BCUT2D eigenvalue weighted by molar-refractivity contribution is 5.96. The number of amides is 1. The maximum Gasteiger partial charge on any atom is 0.253 e. The molecule has 0 unspecified atom stereocenters. The van der Waals surface area contributed by atoms with Crippen molar-refractivity contribution in [1.82, 2.24) is 0 Å². The predicted molar refractivity (Wildman–Crippen MR) is 65.2 cm³/mol. The Hall–Kier alpha value is -1.55. The molecular weight excluding hydrogens is 216 g/mol. The number of carbonyl (C=O) groups excluding carboxylic acids is 1. The zero-order valence-electron chi connectivity index (χ0n) is 9.69. The Bertz CT molecular complexity index is 452. The van der Waals surface area contributed by atoms with Crippen LogP contribution in [0.1, 0.15) is 32.1 Å². The number of rotatable bonds is 1. The largest absolute Gasteiger partial charge is 0.397 e. The van der Waals surface area contributed by atoms with E-state index in [1.807, 2.05) is 18.2 Å². The van der Waals surface area contributed by atoms with Gasteiger partial charge >= 0.3 is 0 Å². The lowest BCUT2D eigenvalue weighted by molar-refractivity contribution is -0.119. The lowest BCUT2D eigenvalue weighted by atomic mass is 9.99. The molecule has 4 nitrogen and oxygen atoms in total. The van der Waals surface area contributed by atoms with Crippen LogP contribution in [0.2, 0.25) is 0 Å². The first kappa shape index (κ1) is 10.6. The van der Waals surface area contributed by atoms with Crippen molar-refractivity contribution in [3.05, 3.63) is 24.3 Å². The molecule has 1 aliphatic heterocycles. The number of nitrogen functional groups attached to an aromatic ring is 1. The topological polar surface area (TPSA) is 55.6 Å². The van der Waals surface area contributed by atoms with Gasteiger partial charge in [0.05, 0.1) is 17.8 Å². The zero-order valence-corrected chi connectivity index (χ0v) is 9.69. The number of nitrogens with zero attached hydrogens (tertiary/aromatic N) is 1. The van der Waals surface area contributed by atoms with Gasteiger partial charge in [-0.3, -0.25) is 9.63 Å². The van der Waals surface area contributed by atoms with E-state index < -0.39 is 0 Å². The highest BCUT2D eigenvalue weighted by Gasteiger charge is 2.47. The summed E-state index contributed by atoms with van der Waals surface area (Å²) in [5.41, 5.74) is 6.87. The minimum Gasteiger partial charge on any atom is -0.397 e. The second-order valence-corrected chi connectivity index (χ2v) is 4.91. The minimum atomic E-state index is -0.251. The van der Waals surface area contributed by atoms with Crippen molar-refractivity contribution >= 4 is 17.3 Å². The summed E-state index contributed by atoms with van der Waals surface area (Å²) >= 11 is 0. The number of nitrogens with two attached hydrogens (primary N) is 1. The zero-order chi connectivity index (χ0) is 11.9. The van der Waals surface area contributed by atoms with E-state index in [9.17, 15) is 4.79 Å². The van der Waals surface area contributed by atoms with Gasteiger partial charge in [0.1, 0.15) is 5.60 Å². The Kier molecular flexibility index (Phi) is 2.33. The Morgan fingerprint density at radius 2 is 1.94 bits per heavy atom. The third-order valence-electron chi connectivity index (χ3n) is 3.66. The van der Waals surface area contributed by atoms with Crippen LogP contribution in [0.15, 0.2) is 24.3 Å². The molecule has 1 saturated carbocycles. The molecule has 2 aliphatic rings. The summed E-state index contributed by atoms with van der Waals surface area (Å²) in [6, 6.07) is 7.32. The molecule has 0 atom stereocenters. The number of carbonyl (C=O) groups is 1. The molecule has 1 saturated heterocycles. The van der Waals surface area contributed by atoms with Gasteiger partial charge in [0, 0.05) is 0 Å². The highest BCUT2D eigenvalue weighted by atomic mass is 16.7. The maximum atomic E-state index is 12.0. The second-order valence-electron chi connectivity index (χ2n) is 4.91. The van der Waals surface area contributed by atoms with E-state index in [4.69, 9.17) is 10.6 Å². The van der Waals surface area contributed by atoms with Crippen molar-refractivity contribution in [2.45, 2.75) is 37.7 Å². The predicted octanol–water partition coefficient (Wildman–Crippen LogP) is 2.25. The quantitative estimate of drug-likeness (QED) is 0.755. The molecule has 1 aromatic rings. The van der Waals surface area contributed by atoms with Crippen LogP contribution in [0.4, 0.5) is 11.4 Å². The van der Waals surface area contributed by atoms with Gasteiger partial charge in [0.2, 0.25) is 0 Å². The summed E-state index contributed by atoms with van der Waals surface area (Å²) in [7, 11) is 0. The Morgan fingerprint density at radius 3 is 2.65 bits per heavy atom. The van der Waals surface area contributed by atoms with E-state index in [-0.39, 0.29) is 11.5 Å². The van der Waals surface area contributed by atoms with Crippen LogP contribution in [-0.4, -0.2) is 11.5 Å². The lowest BCUT2D eigenvalue weighted by Crippen LogP contribution is -2.28. The van der Waals surface area contributed by atoms with Crippen LogP contribution < -0.4 is 10.8 Å². The molecule has 1 heterocycles. The van der Waals surface area contributed by atoms with Crippen molar-refractivity contribution < 1.29 is 9.63 Å². The minimum absolute atomic E-state index is 0.0183. The monoisotopic (exact) mass is 232 g/mol. The van der Waals surface area contributed by atoms with E-state index in [0.29, 0.717) is 17.8 Å². The molecule has 0 aromatic heterocycles. The Balaban J connectivity index is 1.90. The summed E-state index contributed by atoms with van der Waals surface area (Å²) in [4.78, 5) is 17.9. The number of hydrogen-bond donors (Lipinski definition) is 1. The van der Waals surface area contributed by atoms with E-state index in [1.54, 1.807) is 6.07 Å². The number of benzene rings is 1. The van der Waals surface area contributed by atoms with E-state index in [1.165, 1.54) is 5.06 Å². The number of hydrogen-bond acceptors (Lipinski definition) is 3. The van der Waals surface area contributed by atoms with Gasteiger partial charge in [-0.15, -0.1) is 0 Å². The first-order valence-electron chi connectivity index (χ1n) is 6.07. The van der Waals surface area contributed by atoms with Gasteiger partial charge in [-0.05, 0) is 25.0 Å². The first-order valence-corrected chi connectivity index (χ1v) is 6.07. The molecule has 1 amide bonds. The first-order chi connectivity index (χ1) is 8.20. The van der Waals surface area contributed by atoms with Crippen molar-refractivity contribution in [1.29, 1.82) is 0 Å². The van der Waals surface area contributed by atoms with Crippen molar-refractivity contribution in [3.8, 4) is 0 Å². The van der Waals surface area contributed by atoms with Gasteiger partial charge in [0.15, 0.2) is 0 Å². The van der Waals surface area contributed by atoms with Gasteiger partial charge in [-0.2, -0.15) is 5.06 Å². The molecule has 0 radical (unpaired) electrons. The summed E-state index contributed by atoms with van der Waals surface area (Å²) < 4.78 is 0. The van der Waals surface area contributed by atoms with Crippen molar-refractivity contribution in [3.63, 3.8) is 0 Å². The molecule has 17 heavy (non-hydrogen) atoms. The van der Waals surface area contributed by atoms with Crippen LogP contribution in [0.3, 0.4) is 0 Å². The van der Waals surface area contributed by atoms with Gasteiger partial charge in [-0.1, -0.05) is 25.0 Å². The lowest BCUT2D eigenvalue weighted by Gasteiger charge is -2.23. The molecule has 1 aromatic carbocycles. The van der Waals surface area contributed by atoms with E-state index in [2.05, 4.69) is 0 Å². The second kappa shape index (κ2) is 3.74. The fourth-order valence-corrected chi connectivity index (χ4v) is 2.77. The number of anilines is 2. The normalized spacial score (nSPS) is 22.6. The SMILES string of the molecule is Nc1ccccc1N1OC2(CCCC2)CC1=O. The number of para-hydroxylation sites is 2. The van der Waals surface area contributed by atoms with Crippen LogP contribution in [0, 0.1) is 0 Å². The third-order valence-corrected chi connectivity index (χ3v) is 3.66. The summed E-state index contributed by atoms with van der Waals surface area (Å²) in [5.74, 6) is 0.0183. The van der Waals surface area contributed by atoms with Crippen LogP contribution in [-0.2, 0) is 9.63 Å². The van der Waals surface area contributed by atoms with Crippen LogP contribution in [0.5, 0.6) is 0 Å². The van der Waals surface area contributed by atoms with Crippen molar-refractivity contribution in [2.75, 3.05) is 10.8 Å². The standard InChI is InChI=1S/C13H16N2O2/c14-10-5-1-2-6-11(10)15-12(16)9-13(17-15)7-3-4-8-13/h1-2,5-6H,3-4,7-9,14H2. The molecular formula is C13H16N2O2. The Labute approximate surface area is 100 Å². The molecule has 3 rings (SSSR count). The third kappa shape index (κ3) is 1.69. The smallest absolute Gasteiger partial charge is 0.253 e. The summed E-state index contributed by atoms with van der Waals surface area (Å²) in [6.07, 6.45) is 4.72. The number of hydroxylamine groups is 1. The molecule has 90 valence electrons. The van der Waals surface area contributed by atoms with E-state index in [0.717, 1.165) is 25.7 Å². The average molecular weight is 232 g/mol. The summed E-state index contributed by atoms with van der Waals surface area (Å²) in [6.45, 7) is 0. The summed E-state index contributed by atoms with van der Waals surface area (Å²) in [5, 5.41) is 1.39. The molecule has 1 spiro atoms. The fraction of sp³-hybridized carbons (Fsp3) is 0.462. The van der Waals surface area contributed by atoms with Crippen molar-refractivity contribution in [2.24, 2.45) is 0 Å².